The van der Waals surface area contributed by atoms with E-state index in [0.717, 1.165) is 17.7 Å². The number of ether oxygens (including phenoxy) is 2. The molecule has 1 amide bonds. The Morgan fingerprint density at radius 3 is 2.44 bits per heavy atom. The number of hydrogen-bond donors (Lipinski definition) is 1. The van der Waals surface area contributed by atoms with Gasteiger partial charge in [0.05, 0.1) is 0 Å². The van der Waals surface area contributed by atoms with Gasteiger partial charge in [0.2, 0.25) is 0 Å². The Morgan fingerprint density at radius 1 is 1.09 bits per heavy atom. The Hall–Kier alpha value is -3.09. The molecule has 0 saturated carbocycles. The topological polar surface area (TPSA) is 88.7 Å². The molecule has 2 aliphatic rings. The van der Waals surface area contributed by atoms with Gasteiger partial charge in [-0.05, 0) is 56.9 Å². The monoisotopic (exact) mass is 438 g/mol. The fourth-order valence-electron chi connectivity index (χ4n) is 4.77. The lowest BCUT2D eigenvalue weighted by Gasteiger charge is -2.31. The van der Waals surface area contributed by atoms with Gasteiger partial charge in [-0.15, -0.1) is 0 Å². The van der Waals surface area contributed by atoms with Gasteiger partial charge in [-0.1, -0.05) is 13.3 Å². The van der Waals surface area contributed by atoms with Crippen LogP contribution in [0.2, 0.25) is 0 Å². The zero-order chi connectivity index (χ0) is 22.8. The van der Waals surface area contributed by atoms with Gasteiger partial charge in [0, 0.05) is 35.8 Å². The molecule has 7 nitrogen and oxygen atoms in total. The molecule has 0 radical (unpaired) electrons. The van der Waals surface area contributed by atoms with Crippen LogP contribution in [0.25, 0.3) is 0 Å². The van der Waals surface area contributed by atoms with Crippen molar-refractivity contribution in [3.63, 3.8) is 0 Å². The lowest BCUT2D eigenvalue weighted by Crippen LogP contribution is -2.40. The van der Waals surface area contributed by atoms with E-state index in [0.29, 0.717) is 73.9 Å². The molecule has 1 aromatic carbocycles. The van der Waals surface area contributed by atoms with Crippen LogP contribution >= 0.6 is 0 Å². The Kier molecular flexibility index (Phi) is 6.35. The van der Waals surface area contributed by atoms with E-state index < -0.39 is 0 Å². The number of nitrogens with one attached hydrogen (secondary N) is 1. The molecule has 32 heavy (non-hydrogen) atoms. The van der Waals surface area contributed by atoms with Crippen molar-refractivity contribution in [1.29, 1.82) is 0 Å². The number of fused-ring (bicyclic) bond motifs is 1. The minimum absolute atomic E-state index is 0.0232. The molecule has 2 aliphatic heterocycles. The molecule has 0 spiro atoms. The number of aryl methyl sites for hydroxylation is 1. The number of likely N-dealkylation sites (tertiary alicyclic amines) is 1. The molecule has 170 valence electrons. The van der Waals surface area contributed by atoms with E-state index in [1.807, 2.05) is 13.8 Å². The number of carbonyl (C=O) groups is 3. The lowest BCUT2D eigenvalue weighted by atomic mass is 9.88. The first-order valence-electron chi connectivity index (χ1n) is 11.4. The number of rotatable bonds is 6. The maximum atomic E-state index is 13.3. The quantitative estimate of drug-likeness (QED) is 0.689. The molecule has 2 aromatic rings. The van der Waals surface area contributed by atoms with Crippen LogP contribution in [0, 0.1) is 12.8 Å². The molecule has 7 heteroatoms. The smallest absolute Gasteiger partial charge is 0.270 e. The highest BCUT2D eigenvalue weighted by molar-refractivity contribution is 6.03. The average Bonchev–Trinajstić information content (AvgIpc) is 3.14. The number of piperidine rings is 1. The highest BCUT2D eigenvalue weighted by Gasteiger charge is 2.31. The van der Waals surface area contributed by atoms with Crippen molar-refractivity contribution in [1.82, 2.24) is 9.88 Å². The van der Waals surface area contributed by atoms with Gasteiger partial charge in [-0.2, -0.15) is 0 Å². The Morgan fingerprint density at radius 2 is 1.78 bits per heavy atom. The predicted octanol–water partition coefficient (Wildman–Crippen LogP) is 3.98. The van der Waals surface area contributed by atoms with Crippen molar-refractivity contribution in [2.75, 3.05) is 26.3 Å². The summed E-state index contributed by atoms with van der Waals surface area (Å²) in [5.74, 6) is 1.12. The van der Waals surface area contributed by atoms with Crippen molar-refractivity contribution in [2.45, 2.75) is 46.5 Å². The van der Waals surface area contributed by atoms with Crippen LogP contribution < -0.4 is 9.47 Å². The van der Waals surface area contributed by atoms with Crippen molar-refractivity contribution in [3.05, 3.63) is 46.3 Å². The highest BCUT2D eigenvalue weighted by atomic mass is 16.6. The summed E-state index contributed by atoms with van der Waals surface area (Å²) in [7, 11) is 0. The first-order valence-corrected chi connectivity index (χ1v) is 11.4. The second-order valence-electron chi connectivity index (χ2n) is 8.57. The number of amides is 1. The van der Waals surface area contributed by atoms with Crippen molar-refractivity contribution in [3.8, 4) is 11.5 Å². The summed E-state index contributed by atoms with van der Waals surface area (Å²) in [6.07, 6.45) is 2.76. The summed E-state index contributed by atoms with van der Waals surface area (Å²) < 4.78 is 11.1. The predicted molar refractivity (Wildman–Crippen MR) is 120 cm³/mol. The standard InChI is InChI=1S/C25H30N2O5/c1-4-5-19-22(16(3)28)15(2)26-23(19)25(30)27-10-8-17(9-11-27)24(29)18-6-7-20-21(14-18)32-13-12-31-20/h6-7,14,17,26H,4-5,8-13H2,1-3H3. The minimum Gasteiger partial charge on any atom is -0.486 e. The van der Waals surface area contributed by atoms with Crippen molar-refractivity contribution >= 4 is 17.5 Å². The molecule has 0 atom stereocenters. The summed E-state index contributed by atoms with van der Waals surface area (Å²) in [6, 6.07) is 5.33. The molecule has 1 aromatic heterocycles. The van der Waals surface area contributed by atoms with Crippen LogP contribution in [-0.4, -0.2) is 53.7 Å². The Balaban J connectivity index is 1.45. The number of hydrogen-bond acceptors (Lipinski definition) is 5. The number of H-pyrrole nitrogens is 1. The summed E-state index contributed by atoms with van der Waals surface area (Å²) in [5.41, 5.74) is 3.34. The maximum Gasteiger partial charge on any atom is 0.270 e. The van der Waals surface area contributed by atoms with Gasteiger partial charge >= 0.3 is 0 Å². The Bertz CT molecular complexity index is 1050. The van der Waals surface area contributed by atoms with Gasteiger partial charge in [0.1, 0.15) is 18.9 Å². The zero-order valence-electron chi connectivity index (χ0n) is 19.0. The number of aromatic nitrogens is 1. The van der Waals surface area contributed by atoms with Gasteiger partial charge < -0.3 is 19.4 Å². The maximum absolute atomic E-state index is 13.3. The number of carbonyl (C=O) groups excluding carboxylic acids is 3. The normalized spacial score (nSPS) is 16.2. The van der Waals surface area contributed by atoms with E-state index in [-0.39, 0.29) is 23.4 Å². The van der Waals surface area contributed by atoms with E-state index in [2.05, 4.69) is 4.98 Å². The molecule has 0 aliphatic carbocycles. The van der Waals surface area contributed by atoms with Crippen LogP contribution in [0.4, 0.5) is 0 Å². The minimum atomic E-state index is -0.130. The van der Waals surface area contributed by atoms with Crippen LogP contribution in [-0.2, 0) is 6.42 Å². The number of ketones is 2. The molecule has 1 fully saturated rings. The first-order chi connectivity index (χ1) is 15.4. The molecule has 1 saturated heterocycles. The molecular weight excluding hydrogens is 408 g/mol. The van der Waals surface area contributed by atoms with Crippen LogP contribution in [0.1, 0.15) is 75.6 Å². The average molecular weight is 439 g/mol. The van der Waals surface area contributed by atoms with Gasteiger partial charge in [0.15, 0.2) is 23.1 Å². The number of aromatic amines is 1. The number of Topliss-reactive ketones (excluding diaryl/α,β-unsaturated/α-hetero) is 2. The highest BCUT2D eigenvalue weighted by Crippen LogP contribution is 2.33. The summed E-state index contributed by atoms with van der Waals surface area (Å²) in [5, 5.41) is 0. The van der Waals surface area contributed by atoms with E-state index in [1.165, 1.54) is 0 Å². The van der Waals surface area contributed by atoms with E-state index in [1.54, 1.807) is 30.0 Å². The molecule has 0 unspecified atom stereocenters. The van der Waals surface area contributed by atoms with Crippen LogP contribution in [0.15, 0.2) is 18.2 Å². The molecular formula is C25H30N2O5. The SMILES string of the molecule is CCCc1c(C(=O)N2CCC(C(=O)c3ccc4c(c3)OCCO4)CC2)[nH]c(C)c1C(C)=O. The number of benzene rings is 1. The van der Waals surface area contributed by atoms with Crippen LogP contribution in [0.3, 0.4) is 0 Å². The van der Waals surface area contributed by atoms with Crippen LogP contribution in [0.5, 0.6) is 11.5 Å². The molecule has 3 heterocycles. The first kappa shape index (κ1) is 22.1. The zero-order valence-corrected chi connectivity index (χ0v) is 19.0. The molecule has 0 bridgehead atoms. The van der Waals surface area contributed by atoms with E-state index in [4.69, 9.17) is 9.47 Å². The second-order valence-corrected chi connectivity index (χ2v) is 8.57. The van der Waals surface area contributed by atoms with Gasteiger partial charge in [-0.3, -0.25) is 14.4 Å². The summed E-state index contributed by atoms with van der Waals surface area (Å²) in [6.45, 7) is 7.44. The third-order valence-corrected chi connectivity index (χ3v) is 6.34. The Labute approximate surface area is 188 Å². The fourth-order valence-corrected chi connectivity index (χ4v) is 4.77. The van der Waals surface area contributed by atoms with Crippen molar-refractivity contribution < 1.29 is 23.9 Å². The largest absolute Gasteiger partial charge is 0.486 e. The summed E-state index contributed by atoms with van der Waals surface area (Å²) in [4.78, 5) is 43.4. The second kappa shape index (κ2) is 9.18. The molecule has 1 N–H and O–H groups in total. The molecule has 4 rings (SSSR count). The third-order valence-electron chi connectivity index (χ3n) is 6.34. The van der Waals surface area contributed by atoms with Crippen molar-refractivity contribution in [2.24, 2.45) is 5.92 Å². The number of nitrogens with zero attached hydrogens (tertiary/aromatic N) is 1. The van der Waals surface area contributed by atoms with E-state index >= 15 is 0 Å². The van der Waals surface area contributed by atoms with Gasteiger partial charge in [0.25, 0.3) is 5.91 Å². The van der Waals surface area contributed by atoms with Gasteiger partial charge in [-0.25, -0.2) is 0 Å². The fraction of sp³-hybridized carbons (Fsp3) is 0.480. The summed E-state index contributed by atoms with van der Waals surface area (Å²) >= 11 is 0. The lowest BCUT2D eigenvalue weighted by molar-refractivity contribution is 0.0645. The van der Waals surface area contributed by atoms with E-state index in [9.17, 15) is 14.4 Å². The third kappa shape index (κ3) is 4.16.